The molecule has 0 saturated heterocycles. The van der Waals surface area contributed by atoms with Gasteiger partial charge in [-0.1, -0.05) is 5.21 Å². The zero-order valence-corrected chi connectivity index (χ0v) is 10.3. The summed E-state index contributed by atoms with van der Waals surface area (Å²) in [5.41, 5.74) is 1.49. The summed E-state index contributed by atoms with van der Waals surface area (Å²) in [7, 11) is 1.52. The van der Waals surface area contributed by atoms with Crippen LogP contribution in [-0.4, -0.2) is 33.1 Å². The number of aromatic nitrogens is 3. The van der Waals surface area contributed by atoms with Crippen LogP contribution in [0.5, 0.6) is 0 Å². The Bertz CT molecular complexity index is 580. The maximum absolute atomic E-state index is 12.9. The lowest BCUT2D eigenvalue weighted by molar-refractivity contribution is -0.121. The second-order valence-electron chi connectivity index (χ2n) is 3.88. The number of amides is 1. The molecular formula is C12H13FN4O2. The van der Waals surface area contributed by atoms with Crippen molar-refractivity contribution in [2.75, 3.05) is 7.05 Å². The van der Waals surface area contributed by atoms with Gasteiger partial charge in [-0.3, -0.25) is 4.79 Å². The maximum Gasteiger partial charge on any atom is 0.241 e. The van der Waals surface area contributed by atoms with Crippen LogP contribution in [0.2, 0.25) is 0 Å². The highest BCUT2D eigenvalue weighted by atomic mass is 19.1. The molecule has 0 unspecified atom stereocenters. The highest BCUT2D eigenvalue weighted by Crippen LogP contribution is 2.22. The molecule has 0 aliphatic rings. The Morgan fingerprint density at radius 1 is 1.42 bits per heavy atom. The molecule has 100 valence electrons. The summed E-state index contributed by atoms with van der Waals surface area (Å²) in [6.45, 7) is -0.323. The molecule has 1 aromatic heterocycles. The van der Waals surface area contributed by atoms with Crippen LogP contribution < -0.4 is 5.32 Å². The Morgan fingerprint density at radius 3 is 2.68 bits per heavy atom. The summed E-state index contributed by atoms with van der Waals surface area (Å²) in [4.78, 5) is 11.4. The number of nitrogens with zero attached hydrogens (tertiary/aromatic N) is 3. The highest BCUT2D eigenvalue weighted by Gasteiger charge is 2.16. The molecule has 0 radical (unpaired) electrons. The molecule has 2 rings (SSSR count). The minimum Gasteiger partial charge on any atom is -0.390 e. The minimum absolute atomic E-state index is 0.0176. The molecule has 7 heteroatoms. The highest BCUT2D eigenvalue weighted by molar-refractivity contribution is 5.76. The smallest absolute Gasteiger partial charge is 0.241 e. The summed E-state index contributed by atoms with van der Waals surface area (Å²) < 4.78 is 14.3. The fourth-order valence-electron chi connectivity index (χ4n) is 1.70. The summed E-state index contributed by atoms with van der Waals surface area (Å²) >= 11 is 0. The fourth-order valence-corrected chi connectivity index (χ4v) is 1.70. The number of hydrogen-bond donors (Lipinski definition) is 2. The molecule has 0 saturated carbocycles. The zero-order chi connectivity index (χ0) is 13.8. The molecule has 1 amide bonds. The van der Waals surface area contributed by atoms with Crippen LogP contribution in [-0.2, 0) is 17.9 Å². The van der Waals surface area contributed by atoms with Gasteiger partial charge in [-0.25, -0.2) is 9.07 Å². The van der Waals surface area contributed by atoms with Crippen molar-refractivity contribution in [1.82, 2.24) is 20.3 Å². The molecule has 2 N–H and O–H groups in total. The first-order chi connectivity index (χ1) is 9.15. The first-order valence-electron chi connectivity index (χ1n) is 5.65. The fraction of sp³-hybridized carbons (Fsp3) is 0.250. The Hall–Kier alpha value is -2.28. The maximum atomic E-state index is 12.9. The Kier molecular flexibility index (Phi) is 3.86. The van der Waals surface area contributed by atoms with Crippen molar-refractivity contribution in [1.29, 1.82) is 0 Å². The van der Waals surface area contributed by atoms with E-state index in [0.29, 0.717) is 17.0 Å². The molecule has 1 aromatic carbocycles. The number of aliphatic hydroxyl groups excluding tert-OH is 1. The van der Waals surface area contributed by atoms with E-state index in [1.165, 1.54) is 23.9 Å². The molecule has 6 nitrogen and oxygen atoms in total. The number of benzene rings is 1. The van der Waals surface area contributed by atoms with Crippen LogP contribution in [0, 0.1) is 5.82 Å². The molecular weight excluding hydrogens is 251 g/mol. The van der Waals surface area contributed by atoms with Gasteiger partial charge in [0.25, 0.3) is 0 Å². The quantitative estimate of drug-likeness (QED) is 0.833. The van der Waals surface area contributed by atoms with Crippen molar-refractivity contribution in [2.24, 2.45) is 0 Å². The van der Waals surface area contributed by atoms with Crippen molar-refractivity contribution in [3.05, 3.63) is 35.8 Å². The molecule has 0 spiro atoms. The van der Waals surface area contributed by atoms with Gasteiger partial charge in [0.15, 0.2) is 0 Å². The zero-order valence-electron chi connectivity index (χ0n) is 10.3. The monoisotopic (exact) mass is 264 g/mol. The number of halogens is 1. The van der Waals surface area contributed by atoms with Gasteiger partial charge in [0.2, 0.25) is 5.91 Å². The predicted molar refractivity (Wildman–Crippen MR) is 65.4 cm³/mol. The Balaban J connectivity index is 2.44. The van der Waals surface area contributed by atoms with Crippen molar-refractivity contribution < 1.29 is 14.3 Å². The molecule has 0 fully saturated rings. The van der Waals surface area contributed by atoms with Gasteiger partial charge in [-0.05, 0) is 24.3 Å². The van der Waals surface area contributed by atoms with E-state index >= 15 is 0 Å². The van der Waals surface area contributed by atoms with Crippen molar-refractivity contribution in [2.45, 2.75) is 13.2 Å². The van der Waals surface area contributed by atoms with Crippen LogP contribution in [0.15, 0.2) is 24.3 Å². The largest absolute Gasteiger partial charge is 0.390 e. The normalized spacial score (nSPS) is 10.5. The van der Waals surface area contributed by atoms with E-state index in [2.05, 4.69) is 15.6 Å². The number of carbonyl (C=O) groups excluding carboxylic acids is 1. The number of likely N-dealkylation sites (N-methyl/N-ethyl adjacent to an activating group) is 1. The average molecular weight is 264 g/mol. The summed E-state index contributed by atoms with van der Waals surface area (Å²) in [6.07, 6.45) is 0. The molecule has 2 aromatic rings. The van der Waals surface area contributed by atoms with Crippen LogP contribution in [0.4, 0.5) is 4.39 Å². The van der Waals surface area contributed by atoms with Gasteiger partial charge >= 0.3 is 0 Å². The number of rotatable bonds is 4. The van der Waals surface area contributed by atoms with Crippen molar-refractivity contribution >= 4 is 5.91 Å². The standard InChI is InChI=1S/C12H13FN4O2/c1-14-11(19)6-17-12(10(7-18)15-16-17)8-2-4-9(13)5-3-8/h2-5,18H,6-7H2,1H3,(H,14,19). The SMILES string of the molecule is CNC(=O)Cn1nnc(CO)c1-c1ccc(F)cc1. The van der Waals surface area contributed by atoms with Crippen molar-refractivity contribution in [3.8, 4) is 11.3 Å². The van der Waals surface area contributed by atoms with E-state index < -0.39 is 0 Å². The predicted octanol–water partition coefficient (Wildman–Crippen LogP) is 0.322. The van der Waals surface area contributed by atoms with E-state index in [1.807, 2.05) is 0 Å². The second kappa shape index (κ2) is 5.57. The first-order valence-corrected chi connectivity index (χ1v) is 5.65. The van der Waals surface area contributed by atoms with Crippen LogP contribution >= 0.6 is 0 Å². The number of nitrogens with one attached hydrogen (secondary N) is 1. The van der Waals surface area contributed by atoms with Gasteiger partial charge in [-0.15, -0.1) is 5.10 Å². The van der Waals surface area contributed by atoms with Crippen molar-refractivity contribution in [3.63, 3.8) is 0 Å². The van der Waals surface area contributed by atoms with Crippen LogP contribution in [0.3, 0.4) is 0 Å². The Labute approximate surface area is 108 Å². The second-order valence-corrected chi connectivity index (χ2v) is 3.88. The number of aliphatic hydroxyl groups is 1. The minimum atomic E-state index is -0.361. The van der Waals surface area contributed by atoms with Crippen LogP contribution in [0.25, 0.3) is 11.3 Å². The molecule has 19 heavy (non-hydrogen) atoms. The lowest BCUT2D eigenvalue weighted by Crippen LogP contribution is -2.24. The molecule has 0 aliphatic carbocycles. The van der Waals surface area contributed by atoms with E-state index in [0.717, 1.165) is 0 Å². The lowest BCUT2D eigenvalue weighted by atomic mass is 10.1. The third-order valence-electron chi connectivity index (χ3n) is 2.64. The lowest BCUT2D eigenvalue weighted by Gasteiger charge is -2.07. The molecule has 0 bridgehead atoms. The third kappa shape index (κ3) is 2.76. The number of hydrogen-bond acceptors (Lipinski definition) is 4. The van der Waals surface area contributed by atoms with E-state index in [-0.39, 0.29) is 24.9 Å². The van der Waals surface area contributed by atoms with Gasteiger partial charge in [0.1, 0.15) is 18.1 Å². The molecule has 1 heterocycles. The van der Waals surface area contributed by atoms with Gasteiger partial charge in [0.05, 0.1) is 12.3 Å². The molecule has 0 aliphatic heterocycles. The molecule has 0 atom stereocenters. The average Bonchev–Trinajstić information content (AvgIpc) is 2.82. The van der Waals surface area contributed by atoms with Crippen LogP contribution in [0.1, 0.15) is 5.69 Å². The van der Waals surface area contributed by atoms with Gasteiger partial charge in [-0.2, -0.15) is 0 Å². The summed E-state index contributed by atoms with van der Waals surface area (Å²) in [6, 6.07) is 5.70. The topological polar surface area (TPSA) is 80.0 Å². The summed E-state index contributed by atoms with van der Waals surface area (Å²) in [5, 5.41) is 19.4. The van der Waals surface area contributed by atoms with Gasteiger partial charge in [0, 0.05) is 12.6 Å². The van der Waals surface area contributed by atoms with E-state index in [1.54, 1.807) is 12.1 Å². The first kappa shape index (κ1) is 13.2. The third-order valence-corrected chi connectivity index (χ3v) is 2.64. The number of carbonyl (C=O) groups is 1. The van der Waals surface area contributed by atoms with Gasteiger partial charge < -0.3 is 10.4 Å². The Morgan fingerprint density at radius 2 is 2.11 bits per heavy atom. The summed E-state index contributed by atoms with van der Waals surface area (Å²) in [5.74, 6) is -0.600. The van der Waals surface area contributed by atoms with E-state index in [9.17, 15) is 14.3 Å². The van der Waals surface area contributed by atoms with E-state index in [4.69, 9.17) is 0 Å².